The molecular formula is C19H22ClN5O4. The van der Waals surface area contributed by atoms with Crippen LogP contribution in [0.3, 0.4) is 0 Å². The summed E-state index contributed by atoms with van der Waals surface area (Å²) in [6, 6.07) is 9.05. The molecule has 154 valence electrons. The Morgan fingerprint density at radius 2 is 2.03 bits per heavy atom. The standard InChI is InChI=1S/C19H21N5O4.ClH/c25-18(23-11-10-21-13-17(23)15-2-1-8-20-12-15)7-9-22-19(26)14-3-5-16(6-4-14)24(27)28;/h1-6,8,12,17,21H,7,9-11,13H2,(H,22,26);1H. The maximum Gasteiger partial charge on any atom is 0.269 e. The fraction of sp³-hybridized carbons (Fsp3) is 0.316. The highest BCUT2D eigenvalue weighted by molar-refractivity contribution is 5.94. The summed E-state index contributed by atoms with van der Waals surface area (Å²) in [7, 11) is 0. The minimum absolute atomic E-state index is 0. The van der Waals surface area contributed by atoms with E-state index in [9.17, 15) is 19.7 Å². The summed E-state index contributed by atoms with van der Waals surface area (Å²) in [5.74, 6) is -0.411. The Balaban J connectivity index is 0.00000300. The number of halogens is 1. The van der Waals surface area contributed by atoms with Gasteiger partial charge in [-0.15, -0.1) is 12.4 Å². The number of carbonyl (C=O) groups excluding carboxylic acids is 2. The van der Waals surface area contributed by atoms with Crippen molar-refractivity contribution in [1.29, 1.82) is 0 Å². The van der Waals surface area contributed by atoms with E-state index in [1.165, 1.54) is 24.3 Å². The summed E-state index contributed by atoms with van der Waals surface area (Å²) in [4.78, 5) is 40.9. The van der Waals surface area contributed by atoms with Gasteiger partial charge in [-0.3, -0.25) is 24.7 Å². The van der Waals surface area contributed by atoms with Gasteiger partial charge >= 0.3 is 0 Å². The molecular weight excluding hydrogens is 398 g/mol. The molecule has 2 N–H and O–H groups in total. The summed E-state index contributed by atoms with van der Waals surface area (Å²) in [6.07, 6.45) is 3.63. The van der Waals surface area contributed by atoms with E-state index >= 15 is 0 Å². The molecule has 1 saturated heterocycles. The van der Waals surface area contributed by atoms with Crippen molar-refractivity contribution in [2.75, 3.05) is 26.2 Å². The van der Waals surface area contributed by atoms with Crippen LogP contribution in [0.15, 0.2) is 48.8 Å². The van der Waals surface area contributed by atoms with Crippen molar-refractivity contribution in [3.05, 3.63) is 70.0 Å². The molecule has 1 unspecified atom stereocenters. The lowest BCUT2D eigenvalue weighted by molar-refractivity contribution is -0.384. The number of non-ortho nitro benzene ring substituents is 1. The van der Waals surface area contributed by atoms with Gasteiger partial charge < -0.3 is 15.5 Å². The predicted molar refractivity (Wildman–Crippen MR) is 109 cm³/mol. The molecule has 9 nitrogen and oxygen atoms in total. The summed E-state index contributed by atoms with van der Waals surface area (Å²) in [5.41, 5.74) is 1.21. The van der Waals surface area contributed by atoms with E-state index in [0.29, 0.717) is 18.7 Å². The van der Waals surface area contributed by atoms with Crippen molar-refractivity contribution in [2.24, 2.45) is 0 Å². The summed E-state index contributed by atoms with van der Waals surface area (Å²) >= 11 is 0. The molecule has 2 heterocycles. The number of pyridine rings is 1. The normalized spacial score (nSPS) is 15.9. The molecule has 1 aliphatic rings. The molecule has 1 aromatic carbocycles. The van der Waals surface area contributed by atoms with Crippen molar-refractivity contribution in [1.82, 2.24) is 20.5 Å². The second kappa shape index (κ2) is 10.5. The quantitative estimate of drug-likeness (QED) is 0.543. The van der Waals surface area contributed by atoms with Crippen molar-refractivity contribution in [3.8, 4) is 0 Å². The Hall–Kier alpha value is -3.04. The number of aromatic nitrogens is 1. The molecule has 0 aliphatic carbocycles. The van der Waals surface area contributed by atoms with E-state index < -0.39 is 4.92 Å². The lowest BCUT2D eigenvalue weighted by Gasteiger charge is -2.36. The Kier molecular flexibility index (Phi) is 8.05. The molecule has 1 aromatic heterocycles. The highest BCUT2D eigenvalue weighted by Gasteiger charge is 2.27. The lowest BCUT2D eigenvalue weighted by atomic mass is 10.0. The zero-order chi connectivity index (χ0) is 19.9. The first-order valence-corrected chi connectivity index (χ1v) is 8.99. The molecule has 2 aromatic rings. The Morgan fingerprint density at radius 3 is 2.69 bits per heavy atom. The Labute approximate surface area is 174 Å². The van der Waals surface area contributed by atoms with Gasteiger partial charge in [0.05, 0.1) is 11.0 Å². The van der Waals surface area contributed by atoms with E-state index in [-0.39, 0.29) is 48.9 Å². The number of nitro benzene ring substituents is 1. The fourth-order valence-electron chi connectivity index (χ4n) is 3.14. The third-order valence-electron chi connectivity index (χ3n) is 4.60. The first kappa shape index (κ1) is 22.3. The average molecular weight is 420 g/mol. The van der Waals surface area contributed by atoms with Crippen LogP contribution in [0.4, 0.5) is 5.69 Å². The highest BCUT2D eigenvalue weighted by atomic mass is 35.5. The average Bonchev–Trinajstić information content (AvgIpc) is 2.74. The van der Waals surface area contributed by atoms with E-state index in [0.717, 1.165) is 12.1 Å². The van der Waals surface area contributed by atoms with Crippen molar-refractivity contribution >= 4 is 29.9 Å². The fourth-order valence-corrected chi connectivity index (χ4v) is 3.14. The molecule has 29 heavy (non-hydrogen) atoms. The number of nitro groups is 1. The number of amides is 2. The van der Waals surface area contributed by atoms with Crippen LogP contribution in [-0.4, -0.2) is 52.8 Å². The van der Waals surface area contributed by atoms with Crippen LogP contribution in [0.2, 0.25) is 0 Å². The smallest absolute Gasteiger partial charge is 0.269 e. The lowest BCUT2D eigenvalue weighted by Crippen LogP contribution is -2.49. The second-order valence-corrected chi connectivity index (χ2v) is 6.40. The third kappa shape index (κ3) is 5.72. The molecule has 3 rings (SSSR count). The number of nitrogens with one attached hydrogen (secondary N) is 2. The first-order valence-electron chi connectivity index (χ1n) is 8.99. The predicted octanol–water partition coefficient (Wildman–Crippen LogP) is 1.70. The molecule has 10 heteroatoms. The largest absolute Gasteiger partial charge is 0.352 e. The first-order chi connectivity index (χ1) is 13.6. The number of nitrogens with zero attached hydrogens (tertiary/aromatic N) is 3. The maximum absolute atomic E-state index is 12.7. The molecule has 0 saturated carbocycles. The zero-order valence-corrected chi connectivity index (χ0v) is 16.4. The molecule has 1 atom stereocenters. The van der Waals surface area contributed by atoms with Gasteiger partial charge in [-0.2, -0.15) is 0 Å². The van der Waals surface area contributed by atoms with E-state index in [1.807, 2.05) is 17.0 Å². The summed E-state index contributed by atoms with van der Waals surface area (Å²) in [6.45, 7) is 2.16. The van der Waals surface area contributed by atoms with E-state index in [4.69, 9.17) is 0 Å². The Morgan fingerprint density at radius 1 is 1.28 bits per heavy atom. The monoisotopic (exact) mass is 419 g/mol. The van der Waals surface area contributed by atoms with E-state index in [2.05, 4.69) is 15.6 Å². The second-order valence-electron chi connectivity index (χ2n) is 6.40. The topological polar surface area (TPSA) is 117 Å². The van der Waals surface area contributed by atoms with Gasteiger partial charge in [-0.05, 0) is 23.8 Å². The third-order valence-corrected chi connectivity index (χ3v) is 4.60. The SMILES string of the molecule is Cl.O=C(NCCC(=O)N1CCNCC1c1cccnc1)c1ccc([N+](=O)[O-])cc1. The van der Waals surface area contributed by atoms with Gasteiger partial charge in [0.15, 0.2) is 0 Å². The maximum atomic E-state index is 12.7. The van der Waals surface area contributed by atoms with Crippen LogP contribution in [0, 0.1) is 10.1 Å². The van der Waals surface area contributed by atoms with Crippen molar-refractivity contribution in [3.63, 3.8) is 0 Å². The molecule has 2 amide bonds. The summed E-state index contributed by atoms with van der Waals surface area (Å²) in [5, 5.41) is 16.6. The number of hydrogen-bond acceptors (Lipinski definition) is 6. The minimum atomic E-state index is -0.521. The number of hydrogen-bond donors (Lipinski definition) is 2. The van der Waals surface area contributed by atoms with Crippen LogP contribution in [0.1, 0.15) is 28.4 Å². The highest BCUT2D eigenvalue weighted by Crippen LogP contribution is 2.22. The van der Waals surface area contributed by atoms with Crippen LogP contribution in [0.25, 0.3) is 0 Å². The minimum Gasteiger partial charge on any atom is -0.352 e. The van der Waals surface area contributed by atoms with E-state index in [1.54, 1.807) is 12.4 Å². The Bertz CT molecular complexity index is 847. The number of rotatable bonds is 6. The van der Waals surface area contributed by atoms with Crippen LogP contribution in [0.5, 0.6) is 0 Å². The van der Waals surface area contributed by atoms with Gasteiger partial charge in [0.1, 0.15) is 0 Å². The molecule has 1 aliphatic heterocycles. The van der Waals surface area contributed by atoms with Crippen LogP contribution >= 0.6 is 12.4 Å². The van der Waals surface area contributed by atoms with Crippen LogP contribution in [-0.2, 0) is 4.79 Å². The number of piperazine rings is 1. The molecule has 0 radical (unpaired) electrons. The van der Waals surface area contributed by atoms with Gasteiger partial charge in [0.25, 0.3) is 11.6 Å². The van der Waals surface area contributed by atoms with Gasteiger partial charge in [-0.1, -0.05) is 6.07 Å². The number of benzene rings is 1. The van der Waals surface area contributed by atoms with Gasteiger partial charge in [-0.25, -0.2) is 0 Å². The van der Waals surface area contributed by atoms with Gasteiger partial charge in [0, 0.05) is 62.7 Å². The van der Waals surface area contributed by atoms with Crippen molar-refractivity contribution < 1.29 is 14.5 Å². The van der Waals surface area contributed by atoms with Gasteiger partial charge in [0.2, 0.25) is 5.91 Å². The molecule has 0 spiro atoms. The van der Waals surface area contributed by atoms with Crippen LogP contribution < -0.4 is 10.6 Å². The zero-order valence-electron chi connectivity index (χ0n) is 15.6. The summed E-state index contributed by atoms with van der Waals surface area (Å²) < 4.78 is 0. The van der Waals surface area contributed by atoms with Crippen molar-refractivity contribution in [2.45, 2.75) is 12.5 Å². The molecule has 0 bridgehead atoms. The molecule has 1 fully saturated rings. The number of carbonyl (C=O) groups is 2.